The summed E-state index contributed by atoms with van der Waals surface area (Å²) in [7, 11) is 0. The van der Waals surface area contributed by atoms with Gasteiger partial charge in [-0.25, -0.2) is 4.98 Å². The van der Waals surface area contributed by atoms with E-state index in [-0.39, 0.29) is 11.9 Å². The maximum absolute atomic E-state index is 12.5. The zero-order valence-electron chi connectivity index (χ0n) is 11.0. The Hall–Kier alpha value is -1.40. The minimum Gasteiger partial charge on any atom is -0.381 e. The van der Waals surface area contributed by atoms with Crippen molar-refractivity contribution in [2.45, 2.75) is 13.0 Å². The number of hydrogen-bond donors (Lipinski definition) is 1. The summed E-state index contributed by atoms with van der Waals surface area (Å²) in [5, 5.41) is 3.12. The van der Waals surface area contributed by atoms with Crippen LogP contribution in [0.15, 0.2) is 22.8 Å². The number of carbonyl (C=O) groups excluding carboxylic acids is 1. The van der Waals surface area contributed by atoms with Crippen LogP contribution in [0.3, 0.4) is 0 Å². The molecule has 2 aromatic rings. The number of fused-ring (bicyclic) bond motifs is 2. The number of hydrogen-bond acceptors (Lipinski definition) is 3. The predicted octanol–water partition coefficient (Wildman–Crippen LogP) is 1.78. The van der Waals surface area contributed by atoms with Crippen LogP contribution in [-0.2, 0) is 4.74 Å². The van der Waals surface area contributed by atoms with Crippen molar-refractivity contribution in [2.75, 3.05) is 13.2 Å². The summed E-state index contributed by atoms with van der Waals surface area (Å²) in [6, 6.07) is 4.09. The number of carbonyl (C=O) groups is 1. The molecule has 2 aromatic heterocycles. The molecule has 2 fully saturated rings. The lowest BCUT2D eigenvalue weighted by molar-refractivity contribution is 0.0922. The lowest BCUT2D eigenvalue weighted by atomic mass is 10.3. The molecule has 3 heterocycles. The number of halogens is 1. The molecule has 1 aliphatic carbocycles. The van der Waals surface area contributed by atoms with E-state index in [9.17, 15) is 4.79 Å². The number of aryl methyl sites for hydroxylation is 1. The Balaban J connectivity index is 1.65. The molecule has 1 saturated heterocycles. The van der Waals surface area contributed by atoms with Crippen LogP contribution in [0.4, 0.5) is 0 Å². The first-order valence-corrected chi connectivity index (χ1v) is 7.47. The molecule has 20 heavy (non-hydrogen) atoms. The number of nitrogens with one attached hydrogen (secondary N) is 1. The van der Waals surface area contributed by atoms with Crippen LogP contribution in [-0.4, -0.2) is 34.5 Å². The van der Waals surface area contributed by atoms with E-state index in [2.05, 4.69) is 26.2 Å². The predicted molar refractivity (Wildman–Crippen MR) is 76.7 cm³/mol. The van der Waals surface area contributed by atoms with Crippen molar-refractivity contribution in [1.82, 2.24) is 14.7 Å². The average Bonchev–Trinajstić information content (AvgIpc) is 2.79. The van der Waals surface area contributed by atoms with E-state index in [1.807, 2.05) is 29.7 Å². The molecule has 0 spiro atoms. The minimum absolute atomic E-state index is 0.0486. The van der Waals surface area contributed by atoms with Gasteiger partial charge in [-0.1, -0.05) is 0 Å². The van der Waals surface area contributed by atoms with Crippen LogP contribution >= 0.6 is 15.9 Å². The van der Waals surface area contributed by atoms with Crippen molar-refractivity contribution < 1.29 is 9.53 Å². The fraction of sp³-hybridized carbons (Fsp3) is 0.429. The summed E-state index contributed by atoms with van der Waals surface area (Å²) in [6.45, 7) is 3.41. The van der Waals surface area contributed by atoms with Crippen LogP contribution in [0.2, 0.25) is 0 Å². The van der Waals surface area contributed by atoms with Crippen molar-refractivity contribution in [3.05, 3.63) is 34.2 Å². The van der Waals surface area contributed by atoms with Gasteiger partial charge < -0.3 is 10.1 Å². The second kappa shape index (κ2) is 4.30. The number of amides is 1. The molecule has 1 unspecified atom stereocenters. The van der Waals surface area contributed by atoms with Gasteiger partial charge in [0, 0.05) is 28.5 Å². The lowest BCUT2D eigenvalue weighted by Crippen LogP contribution is -2.31. The molecule has 1 saturated carbocycles. The molecule has 5 nitrogen and oxygen atoms in total. The van der Waals surface area contributed by atoms with E-state index in [1.165, 1.54) is 0 Å². The van der Waals surface area contributed by atoms with Gasteiger partial charge in [0.15, 0.2) is 0 Å². The molecule has 6 heteroatoms. The molecule has 0 bridgehead atoms. The van der Waals surface area contributed by atoms with E-state index in [1.54, 1.807) is 0 Å². The Morgan fingerprint density at radius 3 is 2.95 bits per heavy atom. The fourth-order valence-corrected chi connectivity index (χ4v) is 3.42. The van der Waals surface area contributed by atoms with Gasteiger partial charge in [0.1, 0.15) is 11.3 Å². The lowest BCUT2D eigenvalue weighted by Gasteiger charge is -2.08. The molecule has 0 aromatic carbocycles. The third kappa shape index (κ3) is 1.78. The van der Waals surface area contributed by atoms with E-state index < -0.39 is 0 Å². The summed E-state index contributed by atoms with van der Waals surface area (Å²) in [6.07, 6.45) is 1.88. The summed E-state index contributed by atoms with van der Waals surface area (Å²) in [5.41, 5.74) is 2.16. The molecule has 1 amide bonds. The van der Waals surface area contributed by atoms with E-state index >= 15 is 0 Å². The highest BCUT2D eigenvalue weighted by atomic mass is 79.9. The maximum Gasteiger partial charge on any atom is 0.270 e. The molecule has 2 aliphatic rings. The molecular weight excluding hydrogens is 322 g/mol. The van der Waals surface area contributed by atoms with Crippen molar-refractivity contribution in [3.8, 4) is 0 Å². The van der Waals surface area contributed by atoms with Crippen molar-refractivity contribution in [1.29, 1.82) is 0 Å². The summed E-state index contributed by atoms with van der Waals surface area (Å²) < 4.78 is 8.10. The average molecular weight is 336 g/mol. The van der Waals surface area contributed by atoms with Crippen molar-refractivity contribution >= 4 is 27.5 Å². The zero-order chi connectivity index (χ0) is 13.9. The zero-order valence-corrected chi connectivity index (χ0v) is 12.6. The Bertz CT molecular complexity index is 702. The molecule has 104 valence electrons. The number of ether oxygens (including phenoxy) is 1. The molecule has 1 aliphatic heterocycles. The number of pyridine rings is 1. The Kier molecular flexibility index (Phi) is 2.65. The molecule has 1 N–H and O–H groups in total. The SMILES string of the molecule is Cc1nc2ccc(Br)cn2c1C(=O)NC1[C@H]2COC[C@@H]12. The van der Waals surface area contributed by atoms with Crippen LogP contribution in [0.1, 0.15) is 16.2 Å². The van der Waals surface area contributed by atoms with E-state index in [0.29, 0.717) is 17.5 Å². The number of aromatic nitrogens is 2. The standard InChI is InChI=1S/C14H14BrN3O2/c1-7-13(18-4-8(15)2-3-11(18)16-7)14(19)17-12-9-5-20-6-10(9)12/h2-4,9-10,12H,5-6H2,1H3,(H,17,19)/t9-,10+,12?. The monoisotopic (exact) mass is 335 g/mol. The first-order valence-electron chi connectivity index (χ1n) is 6.68. The van der Waals surface area contributed by atoms with Gasteiger partial charge in [0.05, 0.1) is 18.9 Å². The normalized spacial score (nSPS) is 27.6. The summed E-state index contributed by atoms with van der Waals surface area (Å²) >= 11 is 3.43. The van der Waals surface area contributed by atoms with Gasteiger partial charge >= 0.3 is 0 Å². The van der Waals surface area contributed by atoms with Gasteiger partial charge in [-0.3, -0.25) is 9.20 Å². The molecule has 3 atom stereocenters. The van der Waals surface area contributed by atoms with Gasteiger partial charge in [0.2, 0.25) is 0 Å². The minimum atomic E-state index is -0.0486. The van der Waals surface area contributed by atoms with E-state index in [4.69, 9.17) is 4.74 Å². The number of nitrogens with zero attached hydrogens (tertiary/aromatic N) is 2. The van der Waals surface area contributed by atoms with Gasteiger partial charge in [0.25, 0.3) is 5.91 Å². The number of rotatable bonds is 2. The van der Waals surface area contributed by atoms with Crippen LogP contribution in [0, 0.1) is 18.8 Å². The van der Waals surface area contributed by atoms with Crippen molar-refractivity contribution in [2.24, 2.45) is 11.8 Å². The summed E-state index contributed by atoms with van der Waals surface area (Å²) in [4.78, 5) is 16.9. The highest BCUT2D eigenvalue weighted by molar-refractivity contribution is 9.10. The smallest absolute Gasteiger partial charge is 0.270 e. The Labute approximate surface area is 124 Å². The molecule has 0 radical (unpaired) electrons. The highest BCUT2D eigenvalue weighted by Gasteiger charge is 2.54. The maximum atomic E-state index is 12.5. The third-order valence-corrected chi connectivity index (χ3v) is 4.69. The topological polar surface area (TPSA) is 55.6 Å². The second-order valence-electron chi connectivity index (χ2n) is 5.49. The Morgan fingerprint density at radius 2 is 2.20 bits per heavy atom. The van der Waals surface area contributed by atoms with Gasteiger partial charge in [-0.15, -0.1) is 0 Å². The largest absolute Gasteiger partial charge is 0.381 e. The number of imidazole rings is 1. The van der Waals surface area contributed by atoms with Crippen molar-refractivity contribution in [3.63, 3.8) is 0 Å². The van der Waals surface area contributed by atoms with E-state index in [0.717, 1.165) is 29.0 Å². The first-order chi connectivity index (χ1) is 9.65. The fourth-order valence-electron chi connectivity index (χ4n) is 3.08. The quantitative estimate of drug-likeness (QED) is 0.910. The first kappa shape index (κ1) is 12.3. The van der Waals surface area contributed by atoms with Gasteiger partial charge in [-0.2, -0.15) is 0 Å². The van der Waals surface area contributed by atoms with Crippen LogP contribution in [0.25, 0.3) is 5.65 Å². The molecular formula is C14H14BrN3O2. The van der Waals surface area contributed by atoms with Gasteiger partial charge in [-0.05, 0) is 35.0 Å². The highest BCUT2D eigenvalue weighted by Crippen LogP contribution is 2.44. The van der Waals surface area contributed by atoms with Crippen LogP contribution in [0.5, 0.6) is 0 Å². The molecule has 4 rings (SSSR count). The third-order valence-electron chi connectivity index (χ3n) is 4.22. The van der Waals surface area contributed by atoms with Crippen LogP contribution < -0.4 is 5.32 Å². The summed E-state index contributed by atoms with van der Waals surface area (Å²) in [5.74, 6) is 0.961. The Morgan fingerprint density at radius 1 is 1.45 bits per heavy atom. The second-order valence-corrected chi connectivity index (χ2v) is 6.40.